The van der Waals surface area contributed by atoms with Crippen LogP contribution in [0.2, 0.25) is 0 Å². The summed E-state index contributed by atoms with van der Waals surface area (Å²) in [4.78, 5) is 39.5. The first-order valence-electron chi connectivity index (χ1n) is 9.46. The van der Waals surface area contributed by atoms with Crippen molar-refractivity contribution in [3.05, 3.63) is 65.2 Å². The van der Waals surface area contributed by atoms with Crippen molar-refractivity contribution in [3.8, 4) is 0 Å². The van der Waals surface area contributed by atoms with Crippen LogP contribution < -0.4 is 10.5 Å². The highest BCUT2D eigenvalue weighted by molar-refractivity contribution is 7.89. The van der Waals surface area contributed by atoms with Gasteiger partial charge in [-0.05, 0) is 42.2 Å². The summed E-state index contributed by atoms with van der Waals surface area (Å²) < 4.78 is 22.7. The Kier molecular flexibility index (Phi) is 6.04. The van der Waals surface area contributed by atoms with Gasteiger partial charge in [0, 0.05) is 6.54 Å². The van der Waals surface area contributed by atoms with Crippen LogP contribution in [0.3, 0.4) is 0 Å². The molecule has 3 amide bonds. The van der Waals surface area contributed by atoms with Crippen molar-refractivity contribution in [3.63, 3.8) is 0 Å². The smallest absolute Gasteiger partial charge is 0.262 e. The third-order valence-corrected chi connectivity index (χ3v) is 5.78. The Morgan fingerprint density at radius 2 is 1.53 bits per heavy atom. The van der Waals surface area contributed by atoms with Gasteiger partial charge < -0.3 is 5.32 Å². The van der Waals surface area contributed by atoms with E-state index in [9.17, 15) is 22.8 Å². The fraction of sp³-hybridized carbons (Fsp3) is 0.286. The number of hydrogen-bond donors (Lipinski definition) is 2. The van der Waals surface area contributed by atoms with Crippen LogP contribution in [0.5, 0.6) is 0 Å². The van der Waals surface area contributed by atoms with E-state index >= 15 is 0 Å². The maximum absolute atomic E-state index is 12.9. The summed E-state index contributed by atoms with van der Waals surface area (Å²) in [5, 5.41) is 7.82. The van der Waals surface area contributed by atoms with Gasteiger partial charge in [0.15, 0.2) is 0 Å². The van der Waals surface area contributed by atoms with Gasteiger partial charge in [0.2, 0.25) is 15.9 Å². The highest BCUT2D eigenvalue weighted by atomic mass is 32.2. The van der Waals surface area contributed by atoms with Crippen LogP contribution in [0.25, 0.3) is 0 Å². The molecule has 0 saturated heterocycles. The Hall–Kier alpha value is -3.04. The van der Waals surface area contributed by atoms with Crippen LogP contribution in [0, 0.1) is 5.92 Å². The number of nitrogens with zero attached hydrogens (tertiary/aromatic N) is 1. The summed E-state index contributed by atoms with van der Waals surface area (Å²) >= 11 is 0. The molecule has 0 aromatic heterocycles. The van der Waals surface area contributed by atoms with E-state index in [-0.39, 0.29) is 17.4 Å². The molecule has 1 aliphatic rings. The van der Waals surface area contributed by atoms with Crippen LogP contribution in [0.1, 0.15) is 46.5 Å². The summed E-state index contributed by atoms with van der Waals surface area (Å²) in [5.74, 6) is -1.34. The quantitative estimate of drug-likeness (QED) is 0.647. The number of hydrogen-bond acceptors (Lipinski definition) is 5. The minimum Gasteiger partial charge on any atom is -0.350 e. The molecule has 2 aromatic rings. The zero-order valence-electron chi connectivity index (χ0n) is 16.7. The van der Waals surface area contributed by atoms with Gasteiger partial charge in [-0.3, -0.25) is 19.3 Å². The van der Waals surface area contributed by atoms with Crippen LogP contribution in [0.4, 0.5) is 0 Å². The maximum Gasteiger partial charge on any atom is 0.262 e. The molecular weight excluding hydrogens is 406 g/mol. The molecule has 0 bridgehead atoms. The topological polar surface area (TPSA) is 127 Å². The van der Waals surface area contributed by atoms with E-state index in [0.717, 1.165) is 4.90 Å². The third kappa shape index (κ3) is 4.42. The predicted molar refractivity (Wildman–Crippen MR) is 110 cm³/mol. The highest BCUT2D eigenvalue weighted by Crippen LogP contribution is 2.27. The molecule has 2 aromatic carbocycles. The zero-order valence-corrected chi connectivity index (χ0v) is 17.5. The molecule has 0 saturated carbocycles. The lowest BCUT2D eigenvalue weighted by molar-refractivity contribution is -0.125. The van der Waals surface area contributed by atoms with E-state index in [1.54, 1.807) is 36.4 Å². The highest BCUT2D eigenvalue weighted by Gasteiger charge is 2.42. The van der Waals surface area contributed by atoms with Crippen molar-refractivity contribution in [1.29, 1.82) is 0 Å². The molecular formula is C21H23N3O5S. The summed E-state index contributed by atoms with van der Waals surface area (Å²) in [6, 6.07) is 11.4. The molecule has 1 heterocycles. The van der Waals surface area contributed by atoms with Crippen LogP contribution in [-0.2, 0) is 21.4 Å². The van der Waals surface area contributed by atoms with Crippen LogP contribution in [0.15, 0.2) is 53.4 Å². The molecule has 0 fully saturated rings. The van der Waals surface area contributed by atoms with Crippen LogP contribution >= 0.6 is 0 Å². The Morgan fingerprint density at radius 1 is 1.00 bits per heavy atom. The number of carbonyl (C=O) groups is 3. The minimum absolute atomic E-state index is 0.0266. The molecule has 8 nitrogen and oxygen atoms in total. The van der Waals surface area contributed by atoms with E-state index in [2.05, 4.69) is 5.32 Å². The minimum atomic E-state index is -3.80. The molecule has 0 spiro atoms. The van der Waals surface area contributed by atoms with Gasteiger partial charge in [-0.25, -0.2) is 13.6 Å². The molecule has 1 aliphatic heterocycles. The second-order valence-corrected chi connectivity index (χ2v) is 9.14. The summed E-state index contributed by atoms with van der Waals surface area (Å²) in [6.45, 7) is 3.93. The van der Waals surface area contributed by atoms with E-state index in [1.165, 1.54) is 12.1 Å². The SMILES string of the molecule is CC(C)CC(C(=O)NCc1ccc(S(N)(=O)=O)cc1)N1C(=O)c2ccccc2C1=O. The van der Waals surface area contributed by atoms with E-state index in [4.69, 9.17) is 5.14 Å². The number of carbonyl (C=O) groups excluding carboxylic acids is 3. The lowest BCUT2D eigenvalue weighted by atomic mass is 10.0. The van der Waals surface area contributed by atoms with E-state index < -0.39 is 33.8 Å². The van der Waals surface area contributed by atoms with Gasteiger partial charge >= 0.3 is 0 Å². The number of fused-ring (bicyclic) bond motifs is 1. The Bertz CT molecular complexity index is 1060. The Balaban J connectivity index is 1.77. The van der Waals surface area contributed by atoms with Gasteiger partial charge in [-0.2, -0.15) is 0 Å². The van der Waals surface area contributed by atoms with Crippen molar-refractivity contribution in [2.45, 2.75) is 37.8 Å². The number of imide groups is 1. The Labute approximate surface area is 175 Å². The van der Waals surface area contributed by atoms with Gasteiger partial charge in [0.05, 0.1) is 16.0 Å². The van der Waals surface area contributed by atoms with Gasteiger partial charge in [0.1, 0.15) is 6.04 Å². The normalized spacial score (nSPS) is 14.7. The summed E-state index contributed by atoms with van der Waals surface area (Å²) in [6.07, 6.45) is 0.321. The number of benzene rings is 2. The number of rotatable bonds is 7. The zero-order chi connectivity index (χ0) is 22.1. The van der Waals surface area contributed by atoms with Crippen molar-refractivity contribution < 1.29 is 22.8 Å². The number of amides is 3. The fourth-order valence-corrected chi connectivity index (χ4v) is 3.89. The lowest BCUT2D eigenvalue weighted by Gasteiger charge is -2.26. The molecule has 0 aliphatic carbocycles. The summed E-state index contributed by atoms with van der Waals surface area (Å²) in [7, 11) is -3.80. The average molecular weight is 429 g/mol. The first-order valence-corrected chi connectivity index (χ1v) is 11.0. The van der Waals surface area contributed by atoms with E-state index in [0.29, 0.717) is 23.1 Å². The number of sulfonamides is 1. The number of nitrogens with two attached hydrogens (primary N) is 1. The molecule has 1 atom stereocenters. The molecule has 30 heavy (non-hydrogen) atoms. The average Bonchev–Trinajstić information content (AvgIpc) is 2.94. The second-order valence-electron chi connectivity index (χ2n) is 7.58. The van der Waals surface area contributed by atoms with Crippen molar-refractivity contribution in [2.75, 3.05) is 0 Å². The monoisotopic (exact) mass is 429 g/mol. The lowest BCUT2D eigenvalue weighted by Crippen LogP contribution is -2.50. The van der Waals surface area contributed by atoms with Gasteiger partial charge in [0.25, 0.3) is 11.8 Å². The van der Waals surface area contributed by atoms with Crippen LogP contribution in [-0.4, -0.2) is 37.1 Å². The largest absolute Gasteiger partial charge is 0.350 e. The molecule has 9 heteroatoms. The number of primary sulfonamides is 1. The molecule has 158 valence electrons. The molecule has 3 N–H and O–H groups in total. The standard InChI is InChI=1S/C21H23N3O5S/c1-13(2)11-18(24-20(26)16-5-3-4-6-17(16)21(24)27)19(25)23-12-14-7-9-15(10-8-14)30(22,28)29/h3-10,13,18H,11-12H2,1-2H3,(H,23,25)(H2,22,28,29). The van der Waals surface area contributed by atoms with E-state index in [1.807, 2.05) is 13.8 Å². The number of nitrogens with one attached hydrogen (secondary N) is 1. The van der Waals surface area contributed by atoms with Crippen molar-refractivity contribution in [1.82, 2.24) is 10.2 Å². The van der Waals surface area contributed by atoms with Gasteiger partial charge in [-0.1, -0.05) is 38.1 Å². The first kappa shape index (κ1) is 21.7. The first-order chi connectivity index (χ1) is 14.1. The maximum atomic E-state index is 12.9. The Morgan fingerprint density at radius 3 is 2.00 bits per heavy atom. The van der Waals surface area contributed by atoms with Crippen molar-refractivity contribution in [2.24, 2.45) is 11.1 Å². The summed E-state index contributed by atoms with van der Waals surface area (Å²) in [5.41, 5.74) is 1.24. The van der Waals surface area contributed by atoms with Crippen molar-refractivity contribution >= 4 is 27.7 Å². The fourth-order valence-electron chi connectivity index (χ4n) is 3.37. The second kappa shape index (κ2) is 8.37. The molecule has 1 unspecified atom stereocenters. The predicted octanol–water partition coefficient (Wildman–Crippen LogP) is 1.66. The molecule has 3 rings (SSSR count). The van der Waals surface area contributed by atoms with Gasteiger partial charge in [-0.15, -0.1) is 0 Å². The molecule has 0 radical (unpaired) electrons. The third-order valence-electron chi connectivity index (χ3n) is 4.85.